The van der Waals surface area contributed by atoms with Crippen LogP contribution in [0.1, 0.15) is 27.2 Å². The second kappa shape index (κ2) is 12.5. The van der Waals surface area contributed by atoms with Crippen molar-refractivity contribution in [1.29, 1.82) is 0 Å². The first kappa shape index (κ1) is 23.4. The van der Waals surface area contributed by atoms with Crippen LogP contribution in [0.5, 0.6) is 0 Å². The van der Waals surface area contributed by atoms with E-state index in [4.69, 9.17) is 14.2 Å². The summed E-state index contributed by atoms with van der Waals surface area (Å²) in [6, 6.07) is 0. The van der Waals surface area contributed by atoms with Gasteiger partial charge >= 0.3 is 0 Å². The summed E-state index contributed by atoms with van der Waals surface area (Å²) in [7, 11) is 0. The van der Waals surface area contributed by atoms with Crippen LogP contribution in [0.2, 0.25) is 0 Å². The highest BCUT2D eigenvalue weighted by atomic mass is 16.5. The normalized spacial score (nSPS) is 30.8. The molecule has 3 unspecified atom stereocenters. The van der Waals surface area contributed by atoms with Crippen molar-refractivity contribution in [3.05, 3.63) is 0 Å². The quantitative estimate of drug-likeness (QED) is 0.527. The molecule has 0 spiro atoms. The maximum atomic E-state index is 5.85. The average Bonchev–Trinajstić information content (AvgIpc) is 2.73. The van der Waals surface area contributed by atoms with E-state index in [1.807, 2.05) is 0 Å². The summed E-state index contributed by atoms with van der Waals surface area (Å²) in [5, 5.41) is 0. The fraction of sp³-hybridized carbons (Fsp3) is 1.00. The zero-order chi connectivity index (χ0) is 20.5. The Hall–Kier alpha value is -0.280. The van der Waals surface area contributed by atoms with E-state index in [0.29, 0.717) is 18.3 Å². The number of hydrogen-bond donors (Lipinski definition) is 0. The smallest absolute Gasteiger partial charge is 0.0700 e. The van der Waals surface area contributed by atoms with Crippen molar-refractivity contribution in [3.63, 3.8) is 0 Å². The molecule has 0 bridgehead atoms. The van der Waals surface area contributed by atoms with Crippen LogP contribution >= 0.6 is 0 Å². The van der Waals surface area contributed by atoms with E-state index in [-0.39, 0.29) is 0 Å². The van der Waals surface area contributed by atoms with Crippen LogP contribution in [-0.2, 0) is 14.2 Å². The Bertz CT molecular complexity index is 430. The molecule has 0 aliphatic carbocycles. The standard InChI is InChI=1S/C22H44N4O3/c1-4-22-19-26(13-16-29-22)10-7-23(5-8-24-11-14-27-20(2)17-24)6-9-25-12-15-28-21(3)18-25/h20-22H,4-19H2,1-3H3. The monoisotopic (exact) mass is 412 g/mol. The molecule has 29 heavy (non-hydrogen) atoms. The van der Waals surface area contributed by atoms with E-state index in [1.165, 1.54) is 0 Å². The first-order chi connectivity index (χ1) is 14.1. The Kier molecular flexibility index (Phi) is 10.1. The van der Waals surface area contributed by atoms with Crippen molar-refractivity contribution in [3.8, 4) is 0 Å². The molecule has 0 aromatic heterocycles. The van der Waals surface area contributed by atoms with Crippen LogP contribution in [0.15, 0.2) is 0 Å². The molecule has 3 heterocycles. The van der Waals surface area contributed by atoms with E-state index < -0.39 is 0 Å². The molecule has 3 fully saturated rings. The van der Waals surface area contributed by atoms with Crippen LogP contribution in [0.4, 0.5) is 0 Å². The van der Waals surface area contributed by atoms with Crippen molar-refractivity contribution >= 4 is 0 Å². The lowest BCUT2D eigenvalue weighted by atomic mass is 10.2. The number of hydrogen-bond acceptors (Lipinski definition) is 7. The third-order valence-electron chi connectivity index (χ3n) is 6.53. The van der Waals surface area contributed by atoms with Gasteiger partial charge in [-0.2, -0.15) is 0 Å². The molecule has 3 aliphatic heterocycles. The lowest BCUT2D eigenvalue weighted by Gasteiger charge is -2.37. The van der Waals surface area contributed by atoms with Crippen molar-refractivity contribution in [1.82, 2.24) is 19.6 Å². The van der Waals surface area contributed by atoms with Crippen LogP contribution in [0.3, 0.4) is 0 Å². The molecule has 7 nitrogen and oxygen atoms in total. The molecule has 3 saturated heterocycles. The minimum absolute atomic E-state index is 0.367. The minimum Gasteiger partial charge on any atom is -0.376 e. The molecular formula is C22H44N4O3. The fourth-order valence-electron chi connectivity index (χ4n) is 4.60. The zero-order valence-electron chi connectivity index (χ0n) is 19.1. The second-order valence-electron chi connectivity index (χ2n) is 9.01. The molecule has 170 valence electrons. The van der Waals surface area contributed by atoms with Crippen molar-refractivity contribution in [2.24, 2.45) is 0 Å². The number of ether oxygens (including phenoxy) is 3. The summed E-state index contributed by atoms with van der Waals surface area (Å²) in [6.07, 6.45) is 2.27. The molecule has 0 N–H and O–H groups in total. The van der Waals surface area contributed by atoms with Crippen molar-refractivity contribution in [2.45, 2.75) is 45.5 Å². The molecule has 0 saturated carbocycles. The second-order valence-corrected chi connectivity index (χ2v) is 9.01. The van der Waals surface area contributed by atoms with E-state index in [1.54, 1.807) is 0 Å². The van der Waals surface area contributed by atoms with Crippen LogP contribution in [0, 0.1) is 0 Å². The molecule has 3 aliphatic rings. The van der Waals surface area contributed by atoms with E-state index in [2.05, 4.69) is 40.4 Å². The van der Waals surface area contributed by atoms with Gasteiger partial charge in [-0.25, -0.2) is 0 Å². The molecular weight excluding hydrogens is 368 g/mol. The Balaban J connectivity index is 1.45. The minimum atomic E-state index is 0.367. The summed E-state index contributed by atoms with van der Waals surface area (Å²) in [5.74, 6) is 0. The van der Waals surface area contributed by atoms with Gasteiger partial charge in [0.05, 0.1) is 38.1 Å². The highest BCUT2D eigenvalue weighted by Crippen LogP contribution is 2.09. The lowest BCUT2D eigenvalue weighted by Crippen LogP contribution is -2.49. The summed E-state index contributed by atoms with van der Waals surface area (Å²) in [5.41, 5.74) is 0. The van der Waals surface area contributed by atoms with E-state index >= 15 is 0 Å². The first-order valence-electron chi connectivity index (χ1n) is 11.9. The Morgan fingerprint density at radius 3 is 1.59 bits per heavy atom. The Morgan fingerprint density at radius 1 is 0.690 bits per heavy atom. The summed E-state index contributed by atoms with van der Waals surface area (Å²) in [4.78, 5) is 10.4. The average molecular weight is 413 g/mol. The summed E-state index contributed by atoms with van der Waals surface area (Å²) >= 11 is 0. The van der Waals surface area contributed by atoms with Crippen LogP contribution in [0.25, 0.3) is 0 Å². The van der Waals surface area contributed by atoms with E-state index in [9.17, 15) is 0 Å². The van der Waals surface area contributed by atoms with Gasteiger partial charge in [0.15, 0.2) is 0 Å². The fourth-order valence-corrected chi connectivity index (χ4v) is 4.60. The van der Waals surface area contributed by atoms with Gasteiger partial charge in [-0.1, -0.05) is 6.92 Å². The summed E-state index contributed by atoms with van der Waals surface area (Å²) in [6.45, 7) is 22.6. The Morgan fingerprint density at radius 2 is 1.14 bits per heavy atom. The largest absolute Gasteiger partial charge is 0.376 e. The van der Waals surface area contributed by atoms with Crippen LogP contribution < -0.4 is 0 Å². The summed E-state index contributed by atoms with van der Waals surface area (Å²) < 4.78 is 17.3. The predicted octanol–water partition coefficient (Wildman–Crippen LogP) is 0.841. The number of morpholine rings is 3. The van der Waals surface area contributed by atoms with Gasteiger partial charge in [-0.15, -0.1) is 0 Å². The van der Waals surface area contributed by atoms with Crippen molar-refractivity contribution in [2.75, 3.05) is 98.4 Å². The lowest BCUT2D eigenvalue weighted by molar-refractivity contribution is -0.0356. The maximum absolute atomic E-state index is 5.85. The van der Waals surface area contributed by atoms with Gasteiger partial charge < -0.3 is 14.2 Å². The Labute approximate surface area is 178 Å². The van der Waals surface area contributed by atoms with Gasteiger partial charge in [-0.3, -0.25) is 19.6 Å². The zero-order valence-corrected chi connectivity index (χ0v) is 19.1. The van der Waals surface area contributed by atoms with E-state index in [0.717, 1.165) is 105 Å². The third-order valence-corrected chi connectivity index (χ3v) is 6.53. The highest BCUT2D eigenvalue weighted by molar-refractivity contribution is 4.76. The van der Waals surface area contributed by atoms with Gasteiger partial charge in [0.1, 0.15) is 0 Å². The molecule has 3 atom stereocenters. The molecule has 0 radical (unpaired) electrons. The molecule has 0 amide bonds. The number of rotatable bonds is 10. The first-order valence-corrected chi connectivity index (χ1v) is 11.9. The number of nitrogens with zero attached hydrogens (tertiary/aromatic N) is 4. The topological polar surface area (TPSA) is 40.7 Å². The van der Waals surface area contributed by atoms with Crippen LogP contribution in [-0.4, -0.2) is 136 Å². The van der Waals surface area contributed by atoms with Gasteiger partial charge in [-0.05, 0) is 20.3 Å². The SMILES string of the molecule is CCC1CN(CCN(CCN2CCOC(C)C2)CCN2CCOC(C)C2)CCO1. The van der Waals surface area contributed by atoms with Crippen molar-refractivity contribution < 1.29 is 14.2 Å². The third kappa shape index (κ3) is 8.40. The molecule has 0 aromatic rings. The van der Waals surface area contributed by atoms with Gasteiger partial charge in [0.2, 0.25) is 0 Å². The molecule has 0 aromatic carbocycles. The molecule has 7 heteroatoms. The predicted molar refractivity (Wildman–Crippen MR) is 117 cm³/mol. The molecule has 3 rings (SSSR count). The van der Waals surface area contributed by atoms with Gasteiger partial charge in [0, 0.05) is 78.5 Å². The van der Waals surface area contributed by atoms with Gasteiger partial charge in [0.25, 0.3) is 0 Å². The maximum Gasteiger partial charge on any atom is 0.0700 e. The highest BCUT2D eigenvalue weighted by Gasteiger charge is 2.22.